The first kappa shape index (κ1) is 20.9. The molecule has 32 heavy (non-hydrogen) atoms. The van der Waals surface area contributed by atoms with Gasteiger partial charge in [0.05, 0.1) is 11.1 Å². The molecule has 0 saturated carbocycles. The maximum absolute atomic E-state index is 12.7. The number of hydrogen-bond donors (Lipinski definition) is 2. The van der Waals surface area contributed by atoms with Gasteiger partial charge in [0.1, 0.15) is 11.6 Å². The van der Waals surface area contributed by atoms with Crippen molar-refractivity contribution in [1.82, 2.24) is 15.3 Å². The third kappa shape index (κ3) is 4.21. The van der Waals surface area contributed by atoms with E-state index < -0.39 is 0 Å². The summed E-state index contributed by atoms with van der Waals surface area (Å²) in [4.78, 5) is 24.6. The Morgan fingerprint density at radius 2 is 1.97 bits per heavy atom. The molecular formula is C25H30N4O3. The van der Waals surface area contributed by atoms with Gasteiger partial charge >= 0.3 is 0 Å². The van der Waals surface area contributed by atoms with Crippen molar-refractivity contribution in [2.75, 3.05) is 31.2 Å². The van der Waals surface area contributed by atoms with E-state index in [-0.39, 0.29) is 23.6 Å². The predicted molar refractivity (Wildman–Crippen MR) is 125 cm³/mol. The van der Waals surface area contributed by atoms with Crippen LogP contribution in [0.1, 0.15) is 43.5 Å². The summed E-state index contributed by atoms with van der Waals surface area (Å²) in [6.45, 7) is 4.92. The van der Waals surface area contributed by atoms with Crippen LogP contribution in [0.3, 0.4) is 0 Å². The highest BCUT2D eigenvalue weighted by atomic mass is 16.5. The van der Waals surface area contributed by atoms with Gasteiger partial charge in [-0.2, -0.15) is 0 Å². The number of aliphatic hydroxyl groups excluding tert-OH is 1. The van der Waals surface area contributed by atoms with Crippen molar-refractivity contribution in [3.8, 4) is 0 Å². The summed E-state index contributed by atoms with van der Waals surface area (Å²) >= 11 is 0. The van der Waals surface area contributed by atoms with Gasteiger partial charge in [-0.3, -0.25) is 4.79 Å². The molecule has 3 heterocycles. The lowest BCUT2D eigenvalue weighted by molar-refractivity contribution is -0.128. The van der Waals surface area contributed by atoms with Gasteiger partial charge < -0.3 is 20.1 Å². The van der Waals surface area contributed by atoms with Crippen molar-refractivity contribution in [2.24, 2.45) is 5.92 Å². The topological polar surface area (TPSA) is 87.6 Å². The molecule has 7 heteroatoms. The van der Waals surface area contributed by atoms with Crippen LogP contribution >= 0.6 is 0 Å². The number of anilines is 1. The summed E-state index contributed by atoms with van der Waals surface area (Å²) in [7, 11) is 0. The van der Waals surface area contributed by atoms with E-state index in [1.54, 1.807) is 0 Å². The van der Waals surface area contributed by atoms with Gasteiger partial charge in [-0.05, 0) is 62.8 Å². The van der Waals surface area contributed by atoms with E-state index in [1.807, 2.05) is 12.2 Å². The number of carbonyl (C=O) groups excluding carboxylic acids is 1. The average molecular weight is 435 g/mol. The SMILES string of the molecule is Cc1ccc2c(N3CCC(NC(=O)C4CCOCC4)C3)nc(C3=CCCC=C3O)nc2c1. The molecule has 1 aromatic carbocycles. The molecule has 1 atom stereocenters. The highest BCUT2D eigenvalue weighted by molar-refractivity contribution is 5.92. The second-order valence-corrected chi connectivity index (χ2v) is 9.00. The first-order valence-electron chi connectivity index (χ1n) is 11.6. The predicted octanol–water partition coefficient (Wildman–Crippen LogP) is 3.68. The third-order valence-corrected chi connectivity index (χ3v) is 6.63. The average Bonchev–Trinajstić information content (AvgIpc) is 3.27. The number of aryl methyl sites for hydroxylation is 1. The minimum atomic E-state index is 0.0558. The van der Waals surface area contributed by atoms with Crippen LogP contribution in [-0.4, -0.2) is 53.3 Å². The van der Waals surface area contributed by atoms with Crippen LogP contribution in [0.25, 0.3) is 16.5 Å². The molecular weight excluding hydrogens is 404 g/mol. The first-order chi connectivity index (χ1) is 15.6. The number of allylic oxidation sites excluding steroid dienone is 3. The molecule has 1 aromatic heterocycles. The Kier molecular flexibility index (Phi) is 5.83. The standard InChI is InChI=1S/C25H30N4O3/c1-16-6-7-19-21(14-16)27-23(20-4-2-3-5-22(20)30)28-24(19)29-11-8-18(15-29)26-25(31)17-9-12-32-13-10-17/h4-7,14,17-18,30H,2-3,8-13,15H2,1H3,(H,26,31). The number of ether oxygens (including phenoxy) is 1. The molecule has 2 aliphatic heterocycles. The van der Waals surface area contributed by atoms with Crippen molar-refractivity contribution in [3.05, 3.63) is 47.5 Å². The highest BCUT2D eigenvalue weighted by Crippen LogP contribution is 2.32. The fourth-order valence-corrected chi connectivity index (χ4v) is 4.80. The quantitative estimate of drug-likeness (QED) is 0.763. The molecule has 7 nitrogen and oxygen atoms in total. The molecule has 3 aliphatic rings. The van der Waals surface area contributed by atoms with Crippen LogP contribution in [0.4, 0.5) is 5.82 Å². The van der Waals surface area contributed by atoms with Crippen LogP contribution in [-0.2, 0) is 9.53 Å². The second kappa shape index (κ2) is 8.90. The molecule has 1 unspecified atom stereocenters. The Morgan fingerprint density at radius 3 is 2.78 bits per heavy atom. The summed E-state index contributed by atoms with van der Waals surface area (Å²) in [5.74, 6) is 1.87. The maximum Gasteiger partial charge on any atom is 0.223 e. The first-order valence-corrected chi connectivity index (χ1v) is 11.6. The van der Waals surface area contributed by atoms with Gasteiger partial charge in [0, 0.05) is 43.6 Å². The molecule has 2 fully saturated rings. The van der Waals surface area contributed by atoms with Gasteiger partial charge in [-0.1, -0.05) is 12.1 Å². The summed E-state index contributed by atoms with van der Waals surface area (Å²) in [5, 5.41) is 14.7. The number of aromatic nitrogens is 2. The van der Waals surface area contributed by atoms with E-state index in [1.165, 1.54) is 0 Å². The van der Waals surface area contributed by atoms with E-state index in [9.17, 15) is 9.90 Å². The molecule has 168 valence electrons. The third-order valence-electron chi connectivity index (χ3n) is 6.63. The van der Waals surface area contributed by atoms with Crippen LogP contribution in [0.15, 0.2) is 36.1 Å². The number of rotatable bonds is 4. The Hall–Kier alpha value is -2.93. The fourth-order valence-electron chi connectivity index (χ4n) is 4.80. The van der Waals surface area contributed by atoms with Crippen LogP contribution in [0, 0.1) is 12.8 Å². The summed E-state index contributed by atoms with van der Waals surface area (Å²) < 4.78 is 5.38. The Bertz CT molecular complexity index is 1090. The second-order valence-electron chi connectivity index (χ2n) is 9.00. The van der Waals surface area contributed by atoms with Gasteiger partial charge in [0.2, 0.25) is 5.91 Å². The Labute approximate surface area is 188 Å². The normalized spacial score (nSPS) is 22.0. The van der Waals surface area contributed by atoms with Crippen molar-refractivity contribution in [1.29, 1.82) is 0 Å². The van der Waals surface area contributed by atoms with Crippen molar-refractivity contribution >= 4 is 28.2 Å². The van der Waals surface area contributed by atoms with Crippen LogP contribution < -0.4 is 10.2 Å². The zero-order valence-corrected chi connectivity index (χ0v) is 18.5. The number of nitrogens with one attached hydrogen (secondary N) is 1. The number of fused-ring (bicyclic) bond motifs is 1. The van der Waals surface area contributed by atoms with Gasteiger partial charge in [-0.25, -0.2) is 9.97 Å². The smallest absolute Gasteiger partial charge is 0.223 e. The minimum absolute atomic E-state index is 0.0558. The number of carbonyl (C=O) groups is 1. The zero-order valence-electron chi connectivity index (χ0n) is 18.5. The van der Waals surface area contributed by atoms with Crippen LogP contribution in [0.5, 0.6) is 0 Å². The van der Waals surface area contributed by atoms with Gasteiger partial charge in [0.25, 0.3) is 0 Å². The minimum Gasteiger partial charge on any atom is -0.508 e. The van der Waals surface area contributed by atoms with Crippen molar-refractivity contribution < 1.29 is 14.6 Å². The van der Waals surface area contributed by atoms with E-state index in [0.717, 1.165) is 67.5 Å². The molecule has 2 N–H and O–H groups in total. The Balaban J connectivity index is 1.41. The summed E-state index contributed by atoms with van der Waals surface area (Å²) in [5.41, 5.74) is 2.71. The molecule has 0 radical (unpaired) electrons. The molecule has 1 amide bonds. The molecule has 1 aliphatic carbocycles. The van der Waals surface area contributed by atoms with Crippen LogP contribution in [0.2, 0.25) is 0 Å². The monoisotopic (exact) mass is 434 g/mol. The zero-order chi connectivity index (χ0) is 22.1. The number of nitrogens with zero attached hydrogens (tertiary/aromatic N) is 3. The van der Waals surface area contributed by atoms with E-state index in [0.29, 0.717) is 24.6 Å². The fraction of sp³-hybridized carbons (Fsp3) is 0.480. The largest absolute Gasteiger partial charge is 0.508 e. The van der Waals surface area contributed by atoms with E-state index in [4.69, 9.17) is 14.7 Å². The van der Waals surface area contributed by atoms with Gasteiger partial charge in [0.15, 0.2) is 5.82 Å². The molecule has 2 aromatic rings. The number of hydrogen-bond acceptors (Lipinski definition) is 6. The lowest BCUT2D eigenvalue weighted by Gasteiger charge is -2.24. The van der Waals surface area contributed by atoms with Gasteiger partial charge in [-0.15, -0.1) is 0 Å². The molecule has 5 rings (SSSR count). The Morgan fingerprint density at radius 1 is 1.16 bits per heavy atom. The number of aliphatic hydroxyl groups is 1. The summed E-state index contributed by atoms with van der Waals surface area (Å²) in [6, 6.07) is 6.32. The number of amides is 1. The summed E-state index contributed by atoms with van der Waals surface area (Å²) in [6.07, 6.45) is 8.02. The lowest BCUT2D eigenvalue weighted by Crippen LogP contribution is -2.42. The van der Waals surface area contributed by atoms with E-state index in [2.05, 4.69) is 35.3 Å². The molecule has 0 bridgehead atoms. The van der Waals surface area contributed by atoms with E-state index >= 15 is 0 Å². The maximum atomic E-state index is 12.7. The lowest BCUT2D eigenvalue weighted by atomic mass is 9.99. The van der Waals surface area contributed by atoms with Crippen molar-refractivity contribution in [3.63, 3.8) is 0 Å². The highest BCUT2D eigenvalue weighted by Gasteiger charge is 2.30. The molecule has 0 spiro atoms. The molecule has 2 saturated heterocycles. The van der Waals surface area contributed by atoms with Crippen molar-refractivity contribution in [2.45, 2.75) is 45.1 Å². The number of benzene rings is 1.